The zero-order chi connectivity index (χ0) is 19.0. The van der Waals surface area contributed by atoms with Gasteiger partial charge in [0.1, 0.15) is 5.75 Å². The molecule has 3 atom stereocenters. The number of benzene rings is 2. The molecule has 6 heteroatoms. The van der Waals surface area contributed by atoms with Crippen LogP contribution in [0.3, 0.4) is 0 Å². The van der Waals surface area contributed by atoms with E-state index in [9.17, 15) is 4.79 Å². The van der Waals surface area contributed by atoms with Gasteiger partial charge in [-0.15, -0.1) is 0 Å². The summed E-state index contributed by atoms with van der Waals surface area (Å²) in [6, 6.07) is 11.8. The van der Waals surface area contributed by atoms with Crippen molar-refractivity contribution in [1.29, 1.82) is 0 Å². The van der Waals surface area contributed by atoms with Crippen LogP contribution < -0.4 is 10.1 Å². The molecule has 142 valence electrons. The van der Waals surface area contributed by atoms with Gasteiger partial charge in [-0.3, -0.25) is 0 Å². The Labute approximate surface area is 167 Å². The third-order valence-electron chi connectivity index (χ3n) is 5.27. The van der Waals surface area contributed by atoms with Gasteiger partial charge in [-0.25, -0.2) is 4.79 Å². The number of esters is 1. The molecule has 0 spiro atoms. The van der Waals surface area contributed by atoms with Crippen molar-refractivity contribution in [2.24, 2.45) is 5.92 Å². The standard InChI is InChI=1S/C21H22BrNO4/c1-3-26-21(24)12-4-6-17-15(10-12)20-14(8-9-27-20)19(23-17)16-11-13(22)5-7-18(16)25-2/h4-7,10-11,14,19-20,23H,3,8-9H2,1-2H3/t14-,19-,20-/m1/s1. The largest absolute Gasteiger partial charge is 0.496 e. The average molecular weight is 432 g/mol. The van der Waals surface area contributed by atoms with Crippen molar-refractivity contribution in [2.45, 2.75) is 25.5 Å². The van der Waals surface area contributed by atoms with Gasteiger partial charge in [-0.05, 0) is 49.7 Å². The number of carbonyl (C=O) groups excluding carboxylic acids is 1. The van der Waals surface area contributed by atoms with Gasteiger partial charge in [0.25, 0.3) is 0 Å². The fraction of sp³-hybridized carbons (Fsp3) is 0.381. The summed E-state index contributed by atoms with van der Waals surface area (Å²) in [5.74, 6) is 0.816. The lowest BCUT2D eigenvalue weighted by atomic mass is 9.80. The van der Waals surface area contributed by atoms with Gasteiger partial charge in [0, 0.05) is 33.8 Å². The van der Waals surface area contributed by atoms with E-state index in [4.69, 9.17) is 14.2 Å². The zero-order valence-corrected chi connectivity index (χ0v) is 16.9. The Morgan fingerprint density at radius 1 is 1.26 bits per heavy atom. The Kier molecular flexibility index (Phi) is 5.10. The zero-order valence-electron chi connectivity index (χ0n) is 15.3. The molecule has 0 unspecified atom stereocenters. The number of fused-ring (bicyclic) bond motifs is 3. The van der Waals surface area contributed by atoms with E-state index in [-0.39, 0.29) is 24.0 Å². The number of ether oxygens (including phenoxy) is 3. The van der Waals surface area contributed by atoms with E-state index in [0.29, 0.717) is 18.8 Å². The van der Waals surface area contributed by atoms with Crippen LogP contribution in [0.2, 0.25) is 0 Å². The summed E-state index contributed by atoms with van der Waals surface area (Å²) < 4.78 is 17.8. The first-order valence-corrected chi connectivity index (χ1v) is 9.94. The quantitative estimate of drug-likeness (QED) is 0.699. The maximum Gasteiger partial charge on any atom is 0.338 e. The average Bonchev–Trinajstić information content (AvgIpc) is 3.17. The predicted molar refractivity (Wildman–Crippen MR) is 106 cm³/mol. The summed E-state index contributed by atoms with van der Waals surface area (Å²) in [6.45, 7) is 2.87. The Hall–Kier alpha value is -2.05. The van der Waals surface area contributed by atoms with E-state index in [1.54, 1.807) is 13.2 Å². The highest BCUT2D eigenvalue weighted by Gasteiger charge is 2.42. The molecule has 1 saturated heterocycles. The molecule has 5 nitrogen and oxygen atoms in total. The number of carbonyl (C=O) groups is 1. The van der Waals surface area contributed by atoms with Gasteiger partial charge >= 0.3 is 5.97 Å². The molecule has 2 aromatic rings. The fourth-order valence-corrected chi connectivity index (χ4v) is 4.45. The second kappa shape index (κ2) is 7.52. The lowest BCUT2D eigenvalue weighted by Gasteiger charge is -2.37. The molecule has 0 saturated carbocycles. The Balaban J connectivity index is 1.74. The predicted octanol–water partition coefficient (Wildman–Crippen LogP) is 4.88. The van der Waals surface area contributed by atoms with Crippen molar-refractivity contribution in [3.8, 4) is 5.75 Å². The summed E-state index contributed by atoms with van der Waals surface area (Å²) in [7, 11) is 1.69. The number of nitrogens with one attached hydrogen (secondary N) is 1. The molecule has 0 amide bonds. The maximum absolute atomic E-state index is 12.1. The highest BCUT2D eigenvalue weighted by atomic mass is 79.9. The van der Waals surface area contributed by atoms with Crippen LogP contribution >= 0.6 is 15.9 Å². The molecule has 27 heavy (non-hydrogen) atoms. The minimum atomic E-state index is -0.300. The molecule has 0 bridgehead atoms. The van der Waals surface area contributed by atoms with Crippen LogP contribution in [-0.4, -0.2) is 26.3 Å². The van der Waals surface area contributed by atoms with Crippen molar-refractivity contribution in [1.82, 2.24) is 0 Å². The maximum atomic E-state index is 12.1. The number of hydrogen-bond donors (Lipinski definition) is 1. The van der Waals surface area contributed by atoms with Crippen molar-refractivity contribution in [2.75, 3.05) is 25.6 Å². The molecule has 2 aliphatic heterocycles. The summed E-state index contributed by atoms with van der Waals surface area (Å²) in [6.07, 6.45) is 0.894. The van der Waals surface area contributed by atoms with E-state index >= 15 is 0 Å². The van der Waals surface area contributed by atoms with Crippen LogP contribution in [0.1, 0.15) is 47.0 Å². The molecule has 1 fully saturated rings. The van der Waals surface area contributed by atoms with Crippen molar-refractivity contribution in [3.05, 3.63) is 57.6 Å². The van der Waals surface area contributed by atoms with Gasteiger partial charge in [-0.1, -0.05) is 15.9 Å². The molecule has 2 aliphatic rings. The van der Waals surface area contributed by atoms with Gasteiger partial charge in [0.15, 0.2) is 0 Å². The Morgan fingerprint density at radius 3 is 2.89 bits per heavy atom. The summed E-state index contributed by atoms with van der Waals surface area (Å²) in [5.41, 5.74) is 3.67. The van der Waals surface area contributed by atoms with Crippen LogP contribution in [0.15, 0.2) is 40.9 Å². The highest BCUT2D eigenvalue weighted by molar-refractivity contribution is 9.10. The fourth-order valence-electron chi connectivity index (χ4n) is 4.07. The van der Waals surface area contributed by atoms with Crippen LogP contribution in [0, 0.1) is 5.92 Å². The Morgan fingerprint density at radius 2 is 2.11 bits per heavy atom. The second-order valence-electron chi connectivity index (χ2n) is 6.77. The first-order valence-electron chi connectivity index (χ1n) is 9.15. The molecule has 2 aromatic carbocycles. The number of methoxy groups -OCH3 is 1. The van der Waals surface area contributed by atoms with Crippen molar-refractivity contribution >= 4 is 27.6 Å². The van der Waals surface area contributed by atoms with E-state index < -0.39 is 0 Å². The monoisotopic (exact) mass is 431 g/mol. The van der Waals surface area contributed by atoms with Crippen molar-refractivity contribution < 1.29 is 19.0 Å². The first-order chi connectivity index (χ1) is 13.1. The smallest absolute Gasteiger partial charge is 0.338 e. The minimum Gasteiger partial charge on any atom is -0.496 e. The van der Waals surface area contributed by atoms with E-state index in [0.717, 1.165) is 33.5 Å². The lowest BCUT2D eigenvalue weighted by molar-refractivity contribution is 0.0525. The topological polar surface area (TPSA) is 56.8 Å². The number of anilines is 1. The molecule has 0 radical (unpaired) electrons. The SMILES string of the molecule is CCOC(=O)c1ccc2c(c1)[C@@H]1OCC[C@@H]1[C@H](c1cc(Br)ccc1OC)N2. The van der Waals surface area contributed by atoms with Gasteiger partial charge in [-0.2, -0.15) is 0 Å². The Bertz CT molecular complexity index is 869. The molecule has 0 aliphatic carbocycles. The molecular formula is C21H22BrNO4. The van der Waals surface area contributed by atoms with Gasteiger partial charge in [0.05, 0.1) is 31.4 Å². The van der Waals surface area contributed by atoms with E-state index in [1.165, 1.54) is 0 Å². The third-order valence-corrected chi connectivity index (χ3v) is 5.77. The summed E-state index contributed by atoms with van der Waals surface area (Å²) >= 11 is 3.57. The highest BCUT2D eigenvalue weighted by Crippen LogP contribution is 2.51. The summed E-state index contributed by atoms with van der Waals surface area (Å²) in [5, 5.41) is 3.65. The van der Waals surface area contributed by atoms with Crippen LogP contribution in [-0.2, 0) is 9.47 Å². The normalized spacial score (nSPS) is 23.1. The van der Waals surface area contributed by atoms with Gasteiger partial charge in [0.2, 0.25) is 0 Å². The third kappa shape index (κ3) is 3.32. The molecular weight excluding hydrogens is 410 g/mol. The molecule has 0 aromatic heterocycles. The van der Waals surface area contributed by atoms with Gasteiger partial charge < -0.3 is 19.5 Å². The van der Waals surface area contributed by atoms with E-state index in [1.807, 2.05) is 31.2 Å². The van der Waals surface area contributed by atoms with Crippen LogP contribution in [0.25, 0.3) is 0 Å². The first kappa shape index (κ1) is 18.3. The lowest BCUT2D eigenvalue weighted by Crippen LogP contribution is -2.29. The second-order valence-corrected chi connectivity index (χ2v) is 7.69. The number of halogens is 1. The molecule has 1 N–H and O–H groups in total. The van der Waals surface area contributed by atoms with Crippen LogP contribution in [0.5, 0.6) is 5.75 Å². The van der Waals surface area contributed by atoms with Crippen molar-refractivity contribution in [3.63, 3.8) is 0 Å². The van der Waals surface area contributed by atoms with E-state index in [2.05, 4.69) is 27.3 Å². The van der Waals surface area contributed by atoms with Crippen LogP contribution in [0.4, 0.5) is 5.69 Å². The minimum absolute atomic E-state index is 0.0516. The molecule has 2 heterocycles. The number of rotatable bonds is 4. The molecule has 4 rings (SSSR count). The number of hydrogen-bond acceptors (Lipinski definition) is 5. The summed E-state index contributed by atoms with van der Waals surface area (Å²) in [4.78, 5) is 12.1.